The molecule has 0 aliphatic heterocycles. The highest BCUT2D eigenvalue weighted by molar-refractivity contribution is 14.0. The van der Waals surface area contributed by atoms with Gasteiger partial charge in [0.25, 0.3) is 0 Å². The van der Waals surface area contributed by atoms with Gasteiger partial charge in [-0.3, -0.25) is 4.99 Å². The third kappa shape index (κ3) is 8.26. The van der Waals surface area contributed by atoms with Gasteiger partial charge in [0, 0.05) is 43.6 Å². The molecule has 1 aromatic heterocycles. The van der Waals surface area contributed by atoms with E-state index in [1.807, 2.05) is 37.5 Å². The second kappa shape index (κ2) is 13.7. The highest BCUT2D eigenvalue weighted by Gasteiger charge is 2.03. The Morgan fingerprint density at radius 3 is 2.75 bits per heavy atom. The smallest absolute Gasteiger partial charge is 0.191 e. The van der Waals surface area contributed by atoms with Crippen LogP contribution in [-0.4, -0.2) is 42.3 Å². The molecule has 0 fully saturated rings. The van der Waals surface area contributed by atoms with Gasteiger partial charge in [-0.25, -0.2) is 4.98 Å². The van der Waals surface area contributed by atoms with E-state index in [0.29, 0.717) is 0 Å². The van der Waals surface area contributed by atoms with Gasteiger partial charge in [0.1, 0.15) is 11.6 Å². The normalized spacial score (nSPS) is 11.1. The predicted octanol–water partition coefficient (Wildman–Crippen LogP) is 4.05. The third-order valence-electron chi connectivity index (χ3n) is 4.29. The lowest BCUT2D eigenvalue weighted by atomic mass is 10.1. The maximum atomic E-state index is 6.30. The van der Waals surface area contributed by atoms with Gasteiger partial charge in [0.15, 0.2) is 5.96 Å². The van der Waals surface area contributed by atoms with Crippen molar-refractivity contribution in [1.29, 1.82) is 0 Å². The van der Waals surface area contributed by atoms with Crippen LogP contribution in [0.3, 0.4) is 0 Å². The molecule has 28 heavy (non-hydrogen) atoms. The van der Waals surface area contributed by atoms with Crippen molar-refractivity contribution in [2.24, 2.45) is 4.99 Å². The van der Waals surface area contributed by atoms with Crippen LogP contribution in [0.25, 0.3) is 0 Å². The Labute approximate surface area is 190 Å². The lowest BCUT2D eigenvalue weighted by Gasteiger charge is -2.12. The summed E-state index contributed by atoms with van der Waals surface area (Å²) in [5, 5.41) is 7.39. The molecule has 0 atom stereocenters. The summed E-state index contributed by atoms with van der Waals surface area (Å²) in [6, 6.07) is 5.78. The molecule has 6 nitrogen and oxygen atoms in total. The van der Waals surface area contributed by atoms with E-state index in [9.17, 15) is 0 Å². The number of methoxy groups -OCH3 is 1. The molecule has 2 aromatic rings. The Morgan fingerprint density at radius 1 is 1.29 bits per heavy atom. The van der Waals surface area contributed by atoms with E-state index >= 15 is 0 Å². The van der Waals surface area contributed by atoms with Gasteiger partial charge in [-0.15, -0.1) is 24.0 Å². The van der Waals surface area contributed by atoms with E-state index in [4.69, 9.17) is 16.3 Å². The quantitative estimate of drug-likeness (QED) is 0.215. The molecule has 0 radical (unpaired) electrons. The van der Waals surface area contributed by atoms with Gasteiger partial charge in [-0.1, -0.05) is 17.7 Å². The van der Waals surface area contributed by atoms with Crippen LogP contribution in [0.1, 0.15) is 31.2 Å². The largest absolute Gasteiger partial charge is 0.497 e. The van der Waals surface area contributed by atoms with Crippen LogP contribution in [0.15, 0.2) is 35.6 Å². The number of unbranched alkanes of at least 4 members (excludes halogenated alkanes) is 1. The molecule has 0 saturated carbocycles. The summed E-state index contributed by atoms with van der Waals surface area (Å²) in [6.45, 7) is 7.49. The standard InChI is InChI=1S/C20H30ClN5O.HI/c1-4-22-20(24-10-5-6-13-26-14-12-23-16(26)2)25-11-9-17-7-8-18(27-3)15-19(17)21;/h7-8,12,14-15H,4-6,9-11,13H2,1-3H3,(H2,22,24,25);1H. The van der Waals surface area contributed by atoms with Crippen LogP contribution in [-0.2, 0) is 13.0 Å². The van der Waals surface area contributed by atoms with E-state index in [1.54, 1.807) is 7.11 Å². The Kier molecular flexibility index (Phi) is 12.0. The topological polar surface area (TPSA) is 63.5 Å². The van der Waals surface area contributed by atoms with Crippen LogP contribution < -0.4 is 15.4 Å². The van der Waals surface area contributed by atoms with Crippen molar-refractivity contribution >= 4 is 41.5 Å². The van der Waals surface area contributed by atoms with E-state index in [1.165, 1.54) is 0 Å². The van der Waals surface area contributed by atoms with Crippen molar-refractivity contribution in [3.63, 3.8) is 0 Å². The summed E-state index contributed by atoms with van der Waals surface area (Å²) in [7, 11) is 1.64. The van der Waals surface area contributed by atoms with Crippen LogP contribution in [0.5, 0.6) is 5.75 Å². The summed E-state index contributed by atoms with van der Waals surface area (Å²) >= 11 is 6.30. The minimum Gasteiger partial charge on any atom is -0.497 e. The van der Waals surface area contributed by atoms with E-state index in [0.717, 1.165) is 73.6 Å². The summed E-state index contributed by atoms with van der Waals surface area (Å²) in [5.74, 6) is 2.68. The van der Waals surface area contributed by atoms with Gasteiger partial charge in [-0.05, 0) is 50.8 Å². The number of guanidine groups is 1. The van der Waals surface area contributed by atoms with E-state index in [2.05, 4.69) is 32.1 Å². The molecule has 0 unspecified atom stereocenters. The zero-order valence-corrected chi connectivity index (χ0v) is 20.0. The Hall–Kier alpha value is -1.48. The number of aryl methyl sites for hydroxylation is 2. The van der Waals surface area contributed by atoms with E-state index < -0.39 is 0 Å². The van der Waals surface area contributed by atoms with Crippen LogP contribution >= 0.6 is 35.6 Å². The molecule has 2 N–H and O–H groups in total. The number of ether oxygens (including phenoxy) is 1. The molecule has 1 aromatic carbocycles. The summed E-state index contributed by atoms with van der Waals surface area (Å²) in [6.07, 6.45) is 6.82. The zero-order chi connectivity index (χ0) is 19.5. The molecule has 0 bridgehead atoms. The van der Waals surface area contributed by atoms with Crippen molar-refractivity contribution in [3.8, 4) is 5.75 Å². The van der Waals surface area contributed by atoms with Crippen molar-refractivity contribution in [3.05, 3.63) is 47.0 Å². The SMILES string of the molecule is CCNC(=NCCCCn1ccnc1C)NCCc1ccc(OC)cc1Cl.I. The molecule has 0 aliphatic carbocycles. The minimum absolute atomic E-state index is 0. The van der Waals surface area contributed by atoms with Crippen molar-refractivity contribution in [2.75, 3.05) is 26.7 Å². The number of aliphatic imine (C=N–C) groups is 1. The number of nitrogens with zero attached hydrogens (tertiary/aromatic N) is 3. The van der Waals surface area contributed by atoms with Crippen LogP contribution in [0, 0.1) is 6.92 Å². The highest BCUT2D eigenvalue weighted by atomic mass is 127. The zero-order valence-electron chi connectivity index (χ0n) is 16.9. The molecule has 0 saturated heterocycles. The highest BCUT2D eigenvalue weighted by Crippen LogP contribution is 2.22. The summed E-state index contributed by atoms with van der Waals surface area (Å²) < 4.78 is 7.36. The lowest BCUT2D eigenvalue weighted by Crippen LogP contribution is -2.38. The first-order valence-electron chi connectivity index (χ1n) is 9.46. The Morgan fingerprint density at radius 2 is 2.11 bits per heavy atom. The van der Waals surface area contributed by atoms with Gasteiger partial charge >= 0.3 is 0 Å². The number of halogens is 2. The van der Waals surface area contributed by atoms with E-state index in [-0.39, 0.29) is 24.0 Å². The fraction of sp³-hybridized carbons (Fsp3) is 0.500. The second-order valence-electron chi connectivity index (χ2n) is 6.27. The number of imidazole rings is 1. The molecular weight excluding hydrogens is 489 g/mol. The van der Waals surface area contributed by atoms with Crippen molar-refractivity contribution in [2.45, 2.75) is 39.7 Å². The Balaban J connectivity index is 0.00000392. The molecule has 0 aliphatic rings. The third-order valence-corrected chi connectivity index (χ3v) is 4.64. The monoisotopic (exact) mass is 519 g/mol. The first-order chi connectivity index (χ1) is 13.1. The van der Waals surface area contributed by atoms with Gasteiger partial charge in [0.05, 0.1) is 7.11 Å². The Bertz CT molecular complexity index is 735. The molecule has 2 rings (SSSR count). The second-order valence-corrected chi connectivity index (χ2v) is 6.68. The van der Waals surface area contributed by atoms with Crippen LogP contribution in [0.4, 0.5) is 0 Å². The predicted molar refractivity (Wildman–Crippen MR) is 127 cm³/mol. The van der Waals surface area contributed by atoms with Gasteiger partial charge < -0.3 is 19.9 Å². The molecule has 1 heterocycles. The molecule has 156 valence electrons. The van der Waals surface area contributed by atoms with Crippen molar-refractivity contribution in [1.82, 2.24) is 20.2 Å². The first kappa shape index (κ1) is 24.6. The summed E-state index contributed by atoms with van der Waals surface area (Å²) in [4.78, 5) is 8.89. The number of nitrogens with one attached hydrogen (secondary N) is 2. The number of aromatic nitrogens is 2. The maximum absolute atomic E-state index is 6.30. The average Bonchev–Trinajstić information content (AvgIpc) is 3.07. The average molecular weight is 520 g/mol. The van der Waals surface area contributed by atoms with Crippen LogP contribution in [0.2, 0.25) is 5.02 Å². The number of rotatable bonds is 10. The minimum atomic E-state index is 0. The van der Waals surface area contributed by atoms with Gasteiger partial charge in [-0.2, -0.15) is 0 Å². The molecule has 8 heteroatoms. The molecular formula is C20H31ClIN5O. The number of hydrogen-bond donors (Lipinski definition) is 2. The van der Waals surface area contributed by atoms with Gasteiger partial charge in [0.2, 0.25) is 0 Å². The molecule has 0 spiro atoms. The molecule has 0 amide bonds. The maximum Gasteiger partial charge on any atom is 0.191 e. The number of hydrogen-bond acceptors (Lipinski definition) is 3. The lowest BCUT2D eigenvalue weighted by molar-refractivity contribution is 0.414. The first-order valence-corrected chi connectivity index (χ1v) is 9.84. The fourth-order valence-electron chi connectivity index (χ4n) is 2.74. The number of benzene rings is 1. The summed E-state index contributed by atoms with van der Waals surface area (Å²) in [5.41, 5.74) is 1.09. The fourth-order valence-corrected chi connectivity index (χ4v) is 3.00. The van der Waals surface area contributed by atoms with Crippen molar-refractivity contribution < 1.29 is 4.74 Å².